The molecule has 3 nitrogen and oxygen atoms in total. The first-order valence-corrected chi connectivity index (χ1v) is 8.80. The van der Waals surface area contributed by atoms with Crippen LogP contribution in [0.2, 0.25) is 0 Å². The van der Waals surface area contributed by atoms with Crippen molar-refractivity contribution in [2.24, 2.45) is 0 Å². The largest absolute Gasteiger partial charge is 0.494 e. The van der Waals surface area contributed by atoms with Gasteiger partial charge in [-0.15, -0.1) is 11.3 Å². The van der Waals surface area contributed by atoms with Crippen LogP contribution in [0.25, 0.3) is 10.4 Å². The van der Waals surface area contributed by atoms with Gasteiger partial charge in [0.25, 0.3) is 0 Å². The van der Waals surface area contributed by atoms with Crippen LogP contribution in [0.1, 0.15) is 40.2 Å². The summed E-state index contributed by atoms with van der Waals surface area (Å²) in [5.74, 6) is 0. The molecule has 1 fully saturated rings. The summed E-state index contributed by atoms with van der Waals surface area (Å²) in [7, 11) is -0.317. The molecule has 1 aliphatic heterocycles. The van der Waals surface area contributed by atoms with Gasteiger partial charge in [0.15, 0.2) is 0 Å². The number of hydrogen-bond donors (Lipinski definition) is 0. The SMILES string of the molecule is CC.CC1OB(c2ccc(-c3sccc3C#N)cc2)OC1(C)C. The third kappa shape index (κ3) is 3.66. The van der Waals surface area contributed by atoms with Crippen molar-refractivity contribution in [3.8, 4) is 16.5 Å². The quantitative estimate of drug-likeness (QED) is 0.776. The van der Waals surface area contributed by atoms with Gasteiger partial charge >= 0.3 is 7.12 Å². The summed E-state index contributed by atoms with van der Waals surface area (Å²) in [5, 5.41) is 11.0. The highest BCUT2D eigenvalue weighted by molar-refractivity contribution is 7.13. The van der Waals surface area contributed by atoms with Gasteiger partial charge in [-0.05, 0) is 43.2 Å². The maximum atomic E-state index is 9.10. The lowest BCUT2D eigenvalue weighted by molar-refractivity contribution is 0.0842. The molecule has 1 aromatic heterocycles. The van der Waals surface area contributed by atoms with Crippen molar-refractivity contribution < 1.29 is 9.31 Å². The standard InChI is InChI=1S/C16H16BNO2S.C2H6/c1-11-16(2,3)20-17(19-11)14-6-4-12(5-7-14)15-13(10-18)8-9-21-15;1-2/h4-9,11H,1-3H3;1-2H3. The van der Waals surface area contributed by atoms with Crippen LogP contribution in [-0.2, 0) is 9.31 Å². The van der Waals surface area contributed by atoms with Crippen LogP contribution in [-0.4, -0.2) is 18.8 Å². The molecule has 0 saturated carbocycles. The molecule has 1 unspecified atom stereocenters. The van der Waals surface area contributed by atoms with E-state index < -0.39 is 0 Å². The van der Waals surface area contributed by atoms with E-state index in [1.54, 1.807) is 11.3 Å². The lowest BCUT2D eigenvalue weighted by Gasteiger charge is -2.21. The van der Waals surface area contributed by atoms with Crippen LogP contribution >= 0.6 is 11.3 Å². The Kier molecular flexibility index (Phi) is 5.64. The molecule has 0 bridgehead atoms. The second-order valence-electron chi connectivity index (χ2n) is 5.73. The van der Waals surface area contributed by atoms with E-state index in [-0.39, 0.29) is 18.8 Å². The predicted molar refractivity (Wildman–Crippen MR) is 96.9 cm³/mol. The topological polar surface area (TPSA) is 42.2 Å². The van der Waals surface area contributed by atoms with Crippen molar-refractivity contribution in [1.29, 1.82) is 5.26 Å². The van der Waals surface area contributed by atoms with E-state index in [1.165, 1.54) is 0 Å². The summed E-state index contributed by atoms with van der Waals surface area (Å²) >= 11 is 1.58. The Morgan fingerprint density at radius 1 is 1.17 bits per heavy atom. The fraction of sp³-hybridized carbons (Fsp3) is 0.389. The summed E-state index contributed by atoms with van der Waals surface area (Å²) in [5.41, 5.74) is 2.50. The summed E-state index contributed by atoms with van der Waals surface area (Å²) in [6.45, 7) is 10.1. The van der Waals surface area contributed by atoms with E-state index in [0.29, 0.717) is 0 Å². The average Bonchev–Trinajstić information content (AvgIpc) is 3.14. The Morgan fingerprint density at radius 2 is 1.83 bits per heavy atom. The highest BCUT2D eigenvalue weighted by Crippen LogP contribution is 2.30. The van der Waals surface area contributed by atoms with E-state index >= 15 is 0 Å². The molecule has 1 saturated heterocycles. The van der Waals surface area contributed by atoms with Crippen LogP contribution < -0.4 is 5.46 Å². The molecule has 5 heteroatoms. The zero-order chi connectivity index (χ0) is 17.0. The summed E-state index contributed by atoms with van der Waals surface area (Å²) in [4.78, 5) is 1.01. The van der Waals surface area contributed by atoms with Crippen molar-refractivity contribution in [1.82, 2.24) is 0 Å². The zero-order valence-corrected chi connectivity index (χ0v) is 15.1. The van der Waals surface area contributed by atoms with E-state index in [1.807, 2.05) is 70.3 Å². The number of nitriles is 1. The lowest BCUT2D eigenvalue weighted by atomic mass is 9.79. The van der Waals surface area contributed by atoms with Gasteiger partial charge in [-0.2, -0.15) is 5.26 Å². The number of hydrogen-bond acceptors (Lipinski definition) is 4. The molecular weight excluding hydrogens is 305 g/mol. The molecule has 2 aromatic rings. The van der Waals surface area contributed by atoms with Gasteiger partial charge in [-0.25, -0.2) is 0 Å². The third-order valence-corrected chi connectivity index (χ3v) is 4.91. The van der Waals surface area contributed by atoms with Gasteiger partial charge in [0.05, 0.1) is 22.1 Å². The van der Waals surface area contributed by atoms with Gasteiger partial charge in [0, 0.05) is 0 Å². The Balaban J connectivity index is 0.000000924. The maximum absolute atomic E-state index is 9.10. The molecule has 1 aliphatic rings. The second-order valence-corrected chi connectivity index (χ2v) is 6.64. The molecule has 0 N–H and O–H groups in total. The molecule has 0 aliphatic carbocycles. The molecule has 2 heterocycles. The first-order valence-electron chi connectivity index (χ1n) is 7.92. The molecule has 120 valence electrons. The average molecular weight is 327 g/mol. The first-order chi connectivity index (χ1) is 11.0. The summed E-state index contributed by atoms with van der Waals surface area (Å²) in [6, 6.07) is 12.1. The fourth-order valence-corrected chi connectivity index (χ4v) is 3.16. The van der Waals surface area contributed by atoms with Crippen molar-refractivity contribution in [2.75, 3.05) is 0 Å². The van der Waals surface area contributed by atoms with Gasteiger partial charge in [-0.3, -0.25) is 0 Å². The Hall–Kier alpha value is -1.61. The van der Waals surface area contributed by atoms with Gasteiger partial charge < -0.3 is 9.31 Å². The van der Waals surface area contributed by atoms with Crippen LogP contribution in [0.15, 0.2) is 35.7 Å². The van der Waals surface area contributed by atoms with E-state index in [0.717, 1.165) is 21.5 Å². The van der Waals surface area contributed by atoms with Crippen LogP contribution in [0.4, 0.5) is 0 Å². The van der Waals surface area contributed by atoms with Crippen LogP contribution in [0.3, 0.4) is 0 Å². The molecule has 1 aromatic carbocycles. The Labute approximate surface area is 143 Å². The minimum absolute atomic E-state index is 0.0599. The molecular formula is C18H22BNO2S. The zero-order valence-electron chi connectivity index (χ0n) is 14.3. The molecule has 0 radical (unpaired) electrons. The Morgan fingerprint density at radius 3 is 2.35 bits per heavy atom. The minimum Gasteiger partial charge on any atom is -0.402 e. The second kappa shape index (κ2) is 7.31. The molecule has 1 atom stereocenters. The highest BCUT2D eigenvalue weighted by atomic mass is 32.1. The number of nitrogens with zero attached hydrogens (tertiary/aromatic N) is 1. The predicted octanol–water partition coefficient (Wildman–Crippen LogP) is 4.22. The van der Waals surface area contributed by atoms with E-state index in [2.05, 4.69) is 6.07 Å². The first kappa shape index (κ1) is 17.7. The monoisotopic (exact) mass is 327 g/mol. The smallest absolute Gasteiger partial charge is 0.402 e. The summed E-state index contributed by atoms with van der Waals surface area (Å²) < 4.78 is 11.8. The fourth-order valence-electron chi connectivity index (χ4n) is 2.31. The van der Waals surface area contributed by atoms with Crippen LogP contribution in [0, 0.1) is 11.3 Å². The van der Waals surface area contributed by atoms with Crippen molar-refractivity contribution in [3.63, 3.8) is 0 Å². The number of thiophene rings is 1. The van der Waals surface area contributed by atoms with Crippen molar-refractivity contribution >= 4 is 23.9 Å². The molecule has 0 spiro atoms. The van der Waals surface area contributed by atoms with Gasteiger partial charge in [-0.1, -0.05) is 38.1 Å². The van der Waals surface area contributed by atoms with Gasteiger partial charge in [0.2, 0.25) is 0 Å². The Bertz CT molecular complexity index is 688. The normalized spacial score (nSPS) is 19.0. The van der Waals surface area contributed by atoms with E-state index in [9.17, 15) is 0 Å². The summed E-state index contributed by atoms with van der Waals surface area (Å²) in [6.07, 6.45) is 0.0599. The lowest BCUT2D eigenvalue weighted by Crippen LogP contribution is -2.34. The van der Waals surface area contributed by atoms with Crippen LogP contribution in [0.5, 0.6) is 0 Å². The highest BCUT2D eigenvalue weighted by Gasteiger charge is 2.43. The molecule has 3 rings (SSSR count). The number of rotatable bonds is 2. The molecule has 23 heavy (non-hydrogen) atoms. The number of benzene rings is 1. The van der Waals surface area contributed by atoms with Crippen molar-refractivity contribution in [2.45, 2.75) is 46.3 Å². The maximum Gasteiger partial charge on any atom is 0.494 e. The minimum atomic E-state index is -0.317. The third-order valence-electron chi connectivity index (χ3n) is 3.95. The van der Waals surface area contributed by atoms with E-state index in [4.69, 9.17) is 14.6 Å². The molecule has 0 amide bonds. The van der Waals surface area contributed by atoms with Crippen molar-refractivity contribution in [3.05, 3.63) is 41.3 Å². The van der Waals surface area contributed by atoms with Gasteiger partial charge in [0.1, 0.15) is 6.07 Å².